The van der Waals surface area contributed by atoms with Gasteiger partial charge >= 0.3 is 39.5 Å². The van der Waals surface area contributed by atoms with Crippen LogP contribution < -0.4 is 0 Å². The van der Waals surface area contributed by atoms with Crippen LogP contribution in [-0.2, 0) is 65.4 Å². The minimum atomic E-state index is -4.97. The number of hydrogen-bond acceptors (Lipinski definition) is 15. The molecule has 0 heterocycles. The summed E-state index contributed by atoms with van der Waals surface area (Å²) in [5, 5.41) is 10.6. The van der Waals surface area contributed by atoms with Crippen molar-refractivity contribution in [3.05, 3.63) is 48.6 Å². The second-order valence-corrected chi connectivity index (χ2v) is 27.8. The third-order valence-electron chi connectivity index (χ3n) is 15.8. The molecule has 538 valence electrons. The van der Waals surface area contributed by atoms with Gasteiger partial charge in [0.2, 0.25) is 0 Å². The van der Waals surface area contributed by atoms with Crippen molar-refractivity contribution in [2.45, 2.75) is 354 Å². The Bertz CT molecular complexity index is 1940. The van der Waals surface area contributed by atoms with Crippen LogP contribution in [0.2, 0.25) is 0 Å². The molecule has 0 bridgehead atoms. The van der Waals surface area contributed by atoms with Crippen LogP contribution in [0.25, 0.3) is 0 Å². The molecule has 0 saturated carbocycles. The summed E-state index contributed by atoms with van der Waals surface area (Å²) >= 11 is 0. The molecule has 0 aromatic heterocycles. The smallest absolute Gasteiger partial charge is 0.462 e. The fraction of sp³-hybridized carbons (Fsp3) is 0.836. The Kier molecular flexibility index (Phi) is 64.5. The maximum absolute atomic E-state index is 13.0. The Hall–Kier alpha value is -2.98. The van der Waals surface area contributed by atoms with Crippen LogP contribution in [0.3, 0.4) is 0 Å². The van der Waals surface area contributed by atoms with Crippen LogP contribution in [0, 0.1) is 0 Å². The number of allylic oxidation sites excluding steroid dienone is 8. The summed E-state index contributed by atoms with van der Waals surface area (Å²) in [5.74, 6) is -2.19. The molecule has 17 nitrogen and oxygen atoms in total. The van der Waals surface area contributed by atoms with Crippen molar-refractivity contribution in [3.63, 3.8) is 0 Å². The molecule has 0 aliphatic rings. The highest BCUT2D eigenvalue weighted by molar-refractivity contribution is 7.47. The number of esters is 4. The highest BCUT2D eigenvalue weighted by Gasteiger charge is 2.30. The predicted molar refractivity (Wildman–Crippen MR) is 372 cm³/mol. The number of rotatable bonds is 70. The molecule has 0 saturated heterocycles. The van der Waals surface area contributed by atoms with Gasteiger partial charge in [-0.25, -0.2) is 9.13 Å². The molecule has 0 aliphatic heterocycles. The lowest BCUT2D eigenvalue weighted by molar-refractivity contribution is -0.161. The fourth-order valence-electron chi connectivity index (χ4n) is 10.2. The first-order valence-electron chi connectivity index (χ1n) is 36.9. The Morgan fingerprint density at radius 2 is 0.565 bits per heavy atom. The van der Waals surface area contributed by atoms with Crippen molar-refractivity contribution in [1.82, 2.24) is 0 Å². The standard InChI is InChI=1S/C73H134O17P2/c1-5-9-13-17-21-25-29-32-33-36-39-42-46-50-54-58-71(76)84-64-69(90-73(78)60-56-52-48-44-40-35-31-27-23-19-15-11-7-3)66-88-92(81,82)86-62-67(74)61-85-91(79,80)87-65-68(89-72(77)59-55-51-47-43-37-28-24-20-16-12-8-4)63-83-70(75)57-53-49-45-41-38-34-30-26-22-18-14-10-6-2/h9,13,21,25,32-33,39,42,67-69,74H,5-8,10-12,14-20,22-24,26-31,34-38,40-41,43-66H2,1-4H3,(H,79,80)(H,81,82)/b13-9-,25-21-,33-32-,42-39-. The lowest BCUT2D eigenvalue weighted by atomic mass is 10.0. The Balaban J connectivity index is 5.31. The summed E-state index contributed by atoms with van der Waals surface area (Å²) in [4.78, 5) is 72.6. The molecule has 0 spiro atoms. The Morgan fingerprint density at radius 3 is 0.870 bits per heavy atom. The van der Waals surface area contributed by atoms with Crippen molar-refractivity contribution < 1.29 is 80.2 Å². The monoisotopic (exact) mass is 1340 g/mol. The Labute approximate surface area is 559 Å². The van der Waals surface area contributed by atoms with Crippen LogP contribution in [0.1, 0.15) is 336 Å². The predicted octanol–water partition coefficient (Wildman–Crippen LogP) is 20.6. The summed E-state index contributed by atoms with van der Waals surface area (Å²) in [6.07, 6.45) is 61.2. The van der Waals surface area contributed by atoms with E-state index < -0.39 is 97.5 Å². The first-order chi connectivity index (χ1) is 44.7. The average Bonchev–Trinajstić information content (AvgIpc) is 2.73. The molecule has 19 heteroatoms. The van der Waals surface area contributed by atoms with Gasteiger partial charge in [-0.1, -0.05) is 295 Å². The van der Waals surface area contributed by atoms with Crippen LogP contribution in [0.15, 0.2) is 48.6 Å². The van der Waals surface area contributed by atoms with Gasteiger partial charge in [-0.05, 0) is 64.2 Å². The Morgan fingerprint density at radius 1 is 0.315 bits per heavy atom. The van der Waals surface area contributed by atoms with Crippen LogP contribution in [-0.4, -0.2) is 96.7 Å². The number of carbonyl (C=O) groups excluding carboxylic acids is 4. The molecule has 0 aromatic carbocycles. The molecule has 3 N–H and O–H groups in total. The normalized spacial score (nSPS) is 14.3. The number of phosphoric acid groups is 2. The van der Waals surface area contributed by atoms with Crippen molar-refractivity contribution in [1.29, 1.82) is 0 Å². The third-order valence-corrected chi connectivity index (χ3v) is 17.7. The van der Waals surface area contributed by atoms with Crippen LogP contribution in [0.5, 0.6) is 0 Å². The van der Waals surface area contributed by atoms with E-state index in [0.29, 0.717) is 25.7 Å². The number of unbranched alkanes of at least 4 members (excludes halogenated alkanes) is 36. The van der Waals surface area contributed by atoms with Gasteiger partial charge in [0, 0.05) is 25.7 Å². The topological polar surface area (TPSA) is 237 Å². The van der Waals surface area contributed by atoms with E-state index in [1.807, 2.05) is 0 Å². The number of hydrogen-bond donors (Lipinski definition) is 3. The van der Waals surface area contributed by atoms with Gasteiger partial charge in [0.05, 0.1) is 26.4 Å². The number of phosphoric ester groups is 2. The van der Waals surface area contributed by atoms with E-state index in [4.69, 9.17) is 37.0 Å². The molecule has 0 fully saturated rings. The van der Waals surface area contributed by atoms with Gasteiger partial charge in [0.15, 0.2) is 12.2 Å². The minimum Gasteiger partial charge on any atom is -0.462 e. The number of aliphatic hydroxyl groups is 1. The van der Waals surface area contributed by atoms with Crippen LogP contribution >= 0.6 is 15.6 Å². The van der Waals surface area contributed by atoms with Crippen molar-refractivity contribution >= 4 is 39.5 Å². The van der Waals surface area contributed by atoms with Gasteiger partial charge in [-0.2, -0.15) is 0 Å². The molecule has 0 rings (SSSR count). The third kappa shape index (κ3) is 65.7. The molecule has 0 amide bonds. The number of aliphatic hydroxyl groups excluding tert-OH is 1. The van der Waals surface area contributed by atoms with E-state index in [9.17, 15) is 43.2 Å². The molecule has 0 radical (unpaired) electrons. The van der Waals surface area contributed by atoms with E-state index in [-0.39, 0.29) is 25.7 Å². The highest BCUT2D eigenvalue weighted by atomic mass is 31.2. The highest BCUT2D eigenvalue weighted by Crippen LogP contribution is 2.45. The minimum absolute atomic E-state index is 0.0930. The van der Waals surface area contributed by atoms with Crippen molar-refractivity contribution in [3.8, 4) is 0 Å². The summed E-state index contributed by atoms with van der Waals surface area (Å²) in [5.41, 5.74) is 0. The second-order valence-electron chi connectivity index (χ2n) is 24.9. The molecule has 5 unspecified atom stereocenters. The van der Waals surface area contributed by atoms with E-state index in [1.165, 1.54) is 148 Å². The second kappa shape index (κ2) is 66.6. The van der Waals surface area contributed by atoms with E-state index in [1.54, 1.807) is 0 Å². The van der Waals surface area contributed by atoms with Crippen molar-refractivity contribution in [2.75, 3.05) is 39.6 Å². The summed E-state index contributed by atoms with van der Waals surface area (Å²) < 4.78 is 68.3. The fourth-order valence-corrected chi connectivity index (χ4v) is 11.8. The van der Waals surface area contributed by atoms with Gasteiger partial charge < -0.3 is 33.8 Å². The molecule has 92 heavy (non-hydrogen) atoms. The first kappa shape index (κ1) is 89.0. The SMILES string of the molecule is CC/C=C\C/C=C\C/C=C\C/C=C\CCCCC(=O)OCC(COP(=O)(O)OCC(O)COP(=O)(O)OCC(COC(=O)CCCCCCCCCCCCCCC)OC(=O)CCCCCCCCCCCCC)OC(=O)CCCCCCCCCCCCCCC. The van der Waals surface area contributed by atoms with E-state index >= 15 is 0 Å². The molecular weight excluding hydrogens is 1210 g/mol. The lowest BCUT2D eigenvalue weighted by Crippen LogP contribution is -2.30. The largest absolute Gasteiger partial charge is 0.472 e. The van der Waals surface area contributed by atoms with E-state index in [2.05, 4.69) is 76.3 Å². The van der Waals surface area contributed by atoms with Crippen LogP contribution in [0.4, 0.5) is 0 Å². The zero-order valence-electron chi connectivity index (χ0n) is 58.5. The average molecular weight is 1350 g/mol. The van der Waals surface area contributed by atoms with Gasteiger partial charge in [-0.15, -0.1) is 0 Å². The maximum atomic E-state index is 13.0. The first-order valence-corrected chi connectivity index (χ1v) is 39.9. The zero-order valence-corrected chi connectivity index (χ0v) is 60.3. The summed E-state index contributed by atoms with van der Waals surface area (Å²) in [6, 6.07) is 0. The van der Waals surface area contributed by atoms with Gasteiger partial charge in [0.25, 0.3) is 0 Å². The quantitative estimate of drug-likeness (QED) is 0.0169. The summed E-state index contributed by atoms with van der Waals surface area (Å²) in [6.45, 7) is 4.75. The molecule has 0 aliphatic carbocycles. The maximum Gasteiger partial charge on any atom is 0.472 e. The lowest BCUT2D eigenvalue weighted by Gasteiger charge is -2.21. The molecule has 0 aromatic rings. The number of carbonyl (C=O) groups is 4. The summed E-state index contributed by atoms with van der Waals surface area (Å²) in [7, 11) is -9.93. The van der Waals surface area contributed by atoms with Crippen molar-refractivity contribution in [2.24, 2.45) is 0 Å². The van der Waals surface area contributed by atoms with Gasteiger partial charge in [-0.3, -0.25) is 37.3 Å². The zero-order chi connectivity index (χ0) is 67.5. The molecular formula is C73H134O17P2. The van der Waals surface area contributed by atoms with E-state index in [0.717, 1.165) is 109 Å². The number of ether oxygens (including phenoxy) is 4. The van der Waals surface area contributed by atoms with Gasteiger partial charge in [0.1, 0.15) is 19.3 Å². The molecule has 5 atom stereocenters.